The van der Waals surface area contributed by atoms with Crippen molar-refractivity contribution in [3.05, 3.63) is 17.1 Å². The molecule has 2 aromatic rings. The number of carboxylic acids is 1. The fourth-order valence-electron chi connectivity index (χ4n) is 4.86. The number of carbonyl (C=O) groups is 2. The molecule has 0 aromatic carbocycles. The predicted octanol–water partition coefficient (Wildman–Crippen LogP) is 3.33. The number of halogens is 1. The maximum absolute atomic E-state index is 15.1. The van der Waals surface area contributed by atoms with E-state index in [-0.39, 0.29) is 35.1 Å². The van der Waals surface area contributed by atoms with E-state index in [1.165, 1.54) is 0 Å². The molecule has 0 saturated carbocycles. The number of amides is 2. The molecule has 1 fully saturated rings. The second-order valence-corrected chi connectivity index (χ2v) is 11.9. The number of nitrogens with zero attached hydrogens (tertiary/aromatic N) is 6. The molecule has 12 nitrogen and oxygen atoms in total. The highest BCUT2D eigenvalue weighted by atomic mass is 19.1. The number of aliphatic carboxylic acids is 1. The Morgan fingerprint density at radius 2 is 1.85 bits per heavy atom. The largest absolute Gasteiger partial charge is 0.481 e. The van der Waals surface area contributed by atoms with Gasteiger partial charge in [0.25, 0.3) is 5.97 Å². The number of aromatic nitrogens is 4. The number of rotatable bonds is 4. The Morgan fingerprint density at radius 1 is 1.23 bits per heavy atom. The van der Waals surface area contributed by atoms with E-state index in [0.29, 0.717) is 31.2 Å². The van der Waals surface area contributed by atoms with Crippen molar-refractivity contribution in [3.63, 3.8) is 0 Å². The Hall–Kier alpha value is -3.48. The first-order valence-corrected chi connectivity index (χ1v) is 13.1. The van der Waals surface area contributed by atoms with Gasteiger partial charge in [-0.25, -0.2) is 14.2 Å². The summed E-state index contributed by atoms with van der Waals surface area (Å²) in [6, 6.07) is 0.0303. The third-order valence-electron chi connectivity index (χ3n) is 7.38. The molecule has 1 atom stereocenters. The average Bonchev–Trinajstić information content (AvgIpc) is 3.34. The van der Waals surface area contributed by atoms with Crippen molar-refractivity contribution < 1.29 is 19.1 Å². The number of hydrogen-bond donors (Lipinski definition) is 4. The molecule has 2 aromatic heterocycles. The van der Waals surface area contributed by atoms with Crippen LogP contribution in [0, 0.1) is 11.7 Å². The van der Waals surface area contributed by atoms with Crippen LogP contribution in [0.3, 0.4) is 0 Å². The van der Waals surface area contributed by atoms with Crippen molar-refractivity contribution in [2.75, 3.05) is 37.7 Å². The molecule has 2 aliphatic rings. The van der Waals surface area contributed by atoms with Gasteiger partial charge in [-0.05, 0) is 47.6 Å². The third-order valence-corrected chi connectivity index (χ3v) is 7.38. The van der Waals surface area contributed by atoms with Crippen molar-refractivity contribution in [3.8, 4) is 11.4 Å². The summed E-state index contributed by atoms with van der Waals surface area (Å²) >= 11 is 0. The topological polar surface area (TPSA) is 157 Å². The van der Waals surface area contributed by atoms with Gasteiger partial charge in [0, 0.05) is 43.7 Å². The summed E-state index contributed by atoms with van der Waals surface area (Å²) in [7, 11) is 2.09. The predicted molar refractivity (Wildman–Crippen MR) is 147 cm³/mol. The molecule has 39 heavy (non-hydrogen) atoms. The minimum absolute atomic E-state index is 0.0282. The van der Waals surface area contributed by atoms with Gasteiger partial charge >= 0.3 is 6.03 Å². The quantitative estimate of drug-likeness (QED) is 0.451. The molecule has 0 radical (unpaired) electrons. The first kappa shape index (κ1) is 30.1. The molecule has 216 valence electrons. The monoisotopic (exact) mass is 547 g/mol. The van der Waals surface area contributed by atoms with E-state index in [1.807, 2.05) is 23.6 Å². The maximum Gasteiger partial charge on any atom is 0.321 e. The summed E-state index contributed by atoms with van der Waals surface area (Å²) in [6.45, 7) is 17.8. The number of piperazine rings is 1. The highest BCUT2D eigenvalue weighted by Crippen LogP contribution is 2.43. The van der Waals surface area contributed by atoms with E-state index in [2.05, 4.69) is 72.0 Å². The molecule has 0 bridgehead atoms. The van der Waals surface area contributed by atoms with Crippen LogP contribution in [0.15, 0.2) is 0 Å². The van der Waals surface area contributed by atoms with Gasteiger partial charge in [0.05, 0.1) is 17.8 Å². The highest BCUT2D eigenvalue weighted by Gasteiger charge is 2.48. The number of hydrogen-bond acceptors (Lipinski definition) is 8. The molecule has 2 aliphatic heterocycles. The number of aromatic amines is 1. The van der Waals surface area contributed by atoms with Gasteiger partial charge in [-0.1, -0.05) is 13.8 Å². The molecular weight excluding hydrogens is 505 g/mol. The molecule has 4 heterocycles. The normalized spacial score (nSPS) is 19.9. The van der Waals surface area contributed by atoms with E-state index >= 15 is 4.39 Å². The number of fused-ring (bicyclic) bond motifs is 1. The van der Waals surface area contributed by atoms with E-state index in [9.17, 15) is 4.79 Å². The summed E-state index contributed by atoms with van der Waals surface area (Å²) in [5, 5.41) is 18.0. The zero-order valence-electron chi connectivity index (χ0n) is 24.4. The zero-order chi connectivity index (χ0) is 29.4. The van der Waals surface area contributed by atoms with Crippen LogP contribution in [-0.2, 0) is 16.9 Å². The van der Waals surface area contributed by atoms with Gasteiger partial charge in [0.1, 0.15) is 11.4 Å². The number of nitrogen functional groups attached to an aromatic ring is 1. The molecule has 1 saturated heterocycles. The van der Waals surface area contributed by atoms with Gasteiger partial charge in [-0.15, -0.1) is 0 Å². The van der Waals surface area contributed by atoms with Crippen molar-refractivity contribution >= 4 is 23.8 Å². The van der Waals surface area contributed by atoms with Crippen LogP contribution >= 0.6 is 0 Å². The fraction of sp³-hybridized carbons (Fsp3) is 0.654. The third kappa shape index (κ3) is 6.07. The van der Waals surface area contributed by atoms with E-state index in [4.69, 9.17) is 15.6 Å². The Labute approximate surface area is 229 Å². The van der Waals surface area contributed by atoms with Crippen molar-refractivity contribution in [2.24, 2.45) is 5.92 Å². The number of anilines is 2. The molecule has 4 rings (SSSR count). The van der Waals surface area contributed by atoms with Crippen LogP contribution < -0.4 is 11.1 Å². The van der Waals surface area contributed by atoms with Gasteiger partial charge in [-0.2, -0.15) is 10.1 Å². The lowest BCUT2D eigenvalue weighted by Crippen LogP contribution is -2.65. The van der Waals surface area contributed by atoms with Crippen LogP contribution in [0.4, 0.5) is 21.0 Å². The number of likely N-dealkylation sites (N-methyl/N-ethyl adjacent to an activating group) is 1. The van der Waals surface area contributed by atoms with E-state index < -0.39 is 17.3 Å². The van der Waals surface area contributed by atoms with E-state index in [0.717, 1.165) is 24.7 Å². The maximum atomic E-state index is 15.1. The molecule has 13 heteroatoms. The molecule has 0 aliphatic carbocycles. The number of nitrogens with two attached hydrogens (primary N) is 1. The summed E-state index contributed by atoms with van der Waals surface area (Å²) in [6.07, 6.45) is 0. The number of urea groups is 1. The number of H-pyrrole nitrogens is 1. The average molecular weight is 548 g/mol. The van der Waals surface area contributed by atoms with Crippen LogP contribution in [0.2, 0.25) is 0 Å². The fourth-order valence-corrected chi connectivity index (χ4v) is 4.86. The summed E-state index contributed by atoms with van der Waals surface area (Å²) in [5.74, 6) is -1.18. The van der Waals surface area contributed by atoms with Gasteiger partial charge in [-0.3, -0.25) is 14.8 Å². The second kappa shape index (κ2) is 10.9. The molecule has 2 amide bonds. The summed E-state index contributed by atoms with van der Waals surface area (Å²) < 4.78 is 15.1. The number of nitrogens with one attached hydrogen (secondary N) is 2. The molecular formula is C26H42FN9O3. The zero-order valence-corrected chi connectivity index (χ0v) is 24.4. The Morgan fingerprint density at radius 3 is 2.44 bits per heavy atom. The minimum atomic E-state index is -0.833. The van der Waals surface area contributed by atoms with Gasteiger partial charge in [0.2, 0.25) is 5.95 Å². The Bertz CT molecular complexity index is 1220. The van der Waals surface area contributed by atoms with Crippen molar-refractivity contribution in [1.82, 2.24) is 34.9 Å². The Kier molecular flexibility index (Phi) is 8.44. The standard InChI is InChI=1S/C24H38FN9O.C2H4O2/c1-13(2)9-27-21-28-18(16(25)20(26)29-21)17-15-11-34(24(6,7)19(15)31-30-17)22(35)33-12-23(4,5)32(8)10-14(33)3;1-2(3)4/h13-14H,9-12H2,1-8H3,(H,30,31)(H3,26,27,28,29);1H3,(H,3,4)/t14-;/m0./s1. The molecule has 5 N–H and O–H groups in total. The molecule has 0 spiro atoms. The first-order valence-electron chi connectivity index (χ1n) is 13.1. The van der Waals surface area contributed by atoms with Crippen molar-refractivity contribution in [2.45, 2.75) is 79.1 Å². The highest BCUT2D eigenvalue weighted by molar-refractivity contribution is 5.78. The smallest absolute Gasteiger partial charge is 0.321 e. The van der Waals surface area contributed by atoms with Crippen molar-refractivity contribution in [1.29, 1.82) is 0 Å². The summed E-state index contributed by atoms with van der Waals surface area (Å²) in [4.78, 5) is 37.3. The lowest BCUT2D eigenvalue weighted by Gasteiger charge is -2.50. The van der Waals surface area contributed by atoms with Crippen LogP contribution in [0.1, 0.15) is 66.6 Å². The number of carbonyl (C=O) groups excluding carboxylic acids is 1. The van der Waals surface area contributed by atoms with Crippen LogP contribution in [0.25, 0.3) is 11.4 Å². The van der Waals surface area contributed by atoms with Gasteiger partial charge < -0.3 is 26.0 Å². The van der Waals surface area contributed by atoms with Gasteiger partial charge in [0.15, 0.2) is 11.6 Å². The first-order chi connectivity index (χ1) is 18.0. The minimum Gasteiger partial charge on any atom is -0.481 e. The van der Waals surface area contributed by atoms with Crippen LogP contribution in [0.5, 0.6) is 0 Å². The SMILES string of the molecule is CC(=O)O.CC(C)CNc1nc(N)c(F)c(-c2n[nH]c3c2CN(C(=O)N2CC(C)(C)N(C)C[C@@H]2C)C3(C)C)n1. The van der Waals surface area contributed by atoms with Crippen LogP contribution in [-0.4, -0.2) is 90.2 Å². The lowest BCUT2D eigenvalue weighted by atomic mass is 9.96. The lowest BCUT2D eigenvalue weighted by molar-refractivity contribution is -0.134. The molecule has 0 unspecified atom stereocenters. The number of carboxylic acid groups (broad SMARTS) is 1. The summed E-state index contributed by atoms with van der Waals surface area (Å²) in [5.41, 5.74) is 7.00. The second-order valence-electron chi connectivity index (χ2n) is 11.9. The Balaban J connectivity index is 0.000000983. The van der Waals surface area contributed by atoms with E-state index in [1.54, 1.807) is 0 Å².